The molecule has 0 aliphatic carbocycles. The molecule has 2 heterocycles. The van der Waals surface area contributed by atoms with Crippen LogP contribution < -0.4 is 10.6 Å². The quantitative estimate of drug-likeness (QED) is 0.441. The topological polar surface area (TPSA) is 63.3 Å². The molecule has 10 heteroatoms. The zero-order chi connectivity index (χ0) is 23.0. The van der Waals surface area contributed by atoms with E-state index in [2.05, 4.69) is 4.98 Å². The van der Waals surface area contributed by atoms with Gasteiger partial charge in [0.2, 0.25) is 5.88 Å². The van der Waals surface area contributed by atoms with Crippen LogP contribution in [-0.4, -0.2) is 38.8 Å². The van der Waals surface area contributed by atoms with Gasteiger partial charge in [0.1, 0.15) is 0 Å². The van der Waals surface area contributed by atoms with Crippen molar-refractivity contribution in [2.75, 3.05) is 19.0 Å². The van der Waals surface area contributed by atoms with E-state index in [4.69, 9.17) is 0 Å². The molecule has 0 unspecified atom stereocenters. The van der Waals surface area contributed by atoms with Crippen molar-refractivity contribution >= 4 is 28.4 Å². The molecule has 2 aromatic carbocycles. The maximum atomic E-state index is 13.0. The van der Waals surface area contributed by atoms with Crippen LogP contribution in [0.3, 0.4) is 0 Å². The van der Waals surface area contributed by atoms with E-state index in [-0.39, 0.29) is 34.8 Å². The first-order valence-corrected chi connectivity index (χ1v) is 10.4. The number of anilines is 1. The first-order chi connectivity index (χ1) is 15.1. The van der Waals surface area contributed by atoms with Gasteiger partial charge in [0.15, 0.2) is 0 Å². The van der Waals surface area contributed by atoms with Crippen LogP contribution in [0.2, 0.25) is 0 Å². The molecular weight excluding hydrogens is 441 g/mol. The molecule has 4 rings (SSSR count). The molecule has 2 aromatic heterocycles. The highest BCUT2D eigenvalue weighted by molar-refractivity contribution is 8.00. The zero-order valence-corrected chi connectivity index (χ0v) is 18.0. The Hall–Kier alpha value is -3.40. The van der Waals surface area contributed by atoms with Crippen LogP contribution in [0.25, 0.3) is 16.6 Å². The number of halogens is 3. The van der Waals surface area contributed by atoms with Crippen LogP contribution in [0, 0.1) is 0 Å². The minimum Gasteiger partial charge on any atom is -0.493 e. The van der Waals surface area contributed by atoms with Crippen LogP contribution in [-0.2, 0) is 6.54 Å². The first-order valence-electron chi connectivity index (χ1n) is 9.55. The highest BCUT2D eigenvalue weighted by Gasteiger charge is 2.29. The van der Waals surface area contributed by atoms with Crippen molar-refractivity contribution in [1.82, 2.24) is 14.1 Å². The van der Waals surface area contributed by atoms with Crippen molar-refractivity contribution in [2.24, 2.45) is 0 Å². The van der Waals surface area contributed by atoms with Gasteiger partial charge in [-0.25, -0.2) is 9.36 Å². The molecule has 4 aromatic rings. The molecule has 6 nitrogen and oxygen atoms in total. The van der Waals surface area contributed by atoms with Gasteiger partial charge < -0.3 is 10.0 Å². The molecule has 32 heavy (non-hydrogen) atoms. The van der Waals surface area contributed by atoms with E-state index in [1.54, 1.807) is 6.20 Å². The van der Waals surface area contributed by atoms with Crippen molar-refractivity contribution in [3.8, 4) is 11.6 Å². The van der Waals surface area contributed by atoms with Gasteiger partial charge in [0, 0.05) is 30.6 Å². The Kier molecular flexibility index (Phi) is 5.64. The summed E-state index contributed by atoms with van der Waals surface area (Å²) < 4.78 is 40.0. The molecule has 166 valence electrons. The summed E-state index contributed by atoms with van der Waals surface area (Å²) in [5.74, 6) is -0.307. The summed E-state index contributed by atoms with van der Waals surface area (Å²) in [6.45, 7) is 0.192. The fraction of sp³-hybridized carbons (Fsp3) is 0.182. The summed E-state index contributed by atoms with van der Waals surface area (Å²) in [5.41, 5.74) is -2.06. The van der Waals surface area contributed by atoms with Gasteiger partial charge >= 0.3 is 11.2 Å². The maximum absolute atomic E-state index is 13.0. The van der Waals surface area contributed by atoms with Gasteiger partial charge in [0.05, 0.1) is 29.6 Å². The third-order valence-corrected chi connectivity index (χ3v) is 5.67. The molecule has 0 spiro atoms. The van der Waals surface area contributed by atoms with Crippen molar-refractivity contribution in [2.45, 2.75) is 16.9 Å². The Labute approximate surface area is 185 Å². The number of aromatic hydroxyl groups is 1. The minimum atomic E-state index is -4.40. The molecule has 1 N–H and O–H groups in total. The number of aromatic nitrogens is 3. The summed E-state index contributed by atoms with van der Waals surface area (Å²) in [6.07, 6.45) is 2.98. The van der Waals surface area contributed by atoms with Gasteiger partial charge in [-0.1, -0.05) is 12.1 Å². The molecule has 0 aliphatic rings. The lowest BCUT2D eigenvalue weighted by atomic mass is 10.1. The number of hydrogen-bond acceptors (Lipinski definition) is 5. The minimum absolute atomic E-state index is 0.00632. The first kappa shape index (κ1) is 21.8. The second kappa shape index (κ2) is 8.27. The van der Waals surface area contributed by atoms with E-state index in [1.807, 2.05) is 43.3 Å². The molecular formula is C22H19F3N4O2S. The third-order valence-electron chi connectivity index (χ3n) is 4.93. The Morgan fingerprint density at radius 3 is 2.47 bits per heavy atom. The molecule has 0 aliphatic heterocycles. The number of thioether (sulfide) groups is 1. The molecule has 0 saturated carbocycles. The average molecular weight is 460 g/mol. The van der Waals surface area contributed by atoms with Crippen molar-refractivity contribution in [1.29, 1.82) is 0 Å². The Morgan fingerprint density at radius 1 is 1.09 bits per heavy atom. The molecule has 0 fully saturated rings. The normalized spacial score (nSPS) is 11.8. The lowest BCUT2D eigenvalue weighted by Gasteiger charge is -2.16. The summed E-state index contributed by atoms with van der Waals surface area (Å²) in [6, 6.07) is 12.8. The van der Waals surface area contributed by atoms with Crippen LogP contribution in [0.1, 0.15) is 5.56 Å². The molecule has 0 bridgehead atoms. The monoisotopic (exact) mass is 460 g/mol. The van der Waals surface area contributed by atoms with Gasteiger partial charge in [-0.3, -0.25) is 9.55 Å². The lowest BCUT2D eigenvalue weighted by molar-refractivity contribution is -0.0328. The van der Waals surface area contributed by atoms with Gasteiger partial charge in [-0.2, -0.15) is 13.2 Å². The summed E-state index contributed by atoms with van der Waals surface area (Å²) in [4.78, 5) is 19.4. The van der Waals surface area contributed by atoms with E-state index in [0.29, 0.717) is 0 Å². The number of hydrogen-bond donors (Lipinski definition) is 1. The van der Waals surface area contributed by atoms with Crippen molar-refractivity contribution in [3.63, 3.8) is 0 Å². The smallest absolute Gasteiger partial charge is 0.446 e. The number of para-hydroxylation sites is 1. The zero-order valence-electron chi connectivity index (χ0n) is 17.2. The number of pyridine rings is 1. The maximum Gasteiger partial charge on any atom is 0.446 e. The fourth-order valence-electron chi connectivity index (χ4n) is 3.53. The third kappa shape index (κ3) is 4.31. The molecule has 0 saturated heterocycles. The fourth-order valence-corrected chi connectivity index (χ4v) is 4.07. The van der Waals surface area contributed by atoms with E-state index in [1.165, 1.54) is 35.0 Å². The lowest BCUT2D eigenvalue weighted by Crippen LogP contribution is -2.23. The van der Waals surface area contributed by atoms with Crippen molar-refractivity contribution < 1.29 is 18.3 Å². The second-order valence-corrected chi connectivity index (χ2v) is 8.45. The number of rotatable bonds is 5. The highest BCUT2D eigenvalue weighted by Crippen LogP contribution is 2.37. The number of alkyl halides is 3. The van der Waals surface area contributed by atoms with Crippen LogP contribution in [0.4, 0.5) is 18.9 Å². The Bertz CT molecular complexity index is 1330. The van der Waals surface area contributed by atoms with Crippen molar-refractivity contribution in [3.05, 3.63) is 77.0 Å². The predicted octanol–water partition coefficient (Wildman–Crippen LogP) is 4.62. The largest absolute Gasteiger partial charge is 0.493 e. The summed E-state index contributed by atoms with van der Waals surface area (Å²) in [5, 5.41) is 11.2. The summed E-state index contributed by atoms with van der Waals surface area (Å²) >= 11 is -0.240. The number of fused-ring (bicyclic) bond motifs is 1. The van der Waals surface area contributed by atoms with Gasteiger partial charge in [-0.05, 0) is 53.7 Å². The highest BCUT2D eigenvalue weighted by atomic mass is 32.2. The van der Waals surface area contributed by atoms with E-state index >= 15 is 0 Å². The predicted molar refractivity (Wildman–Crippen MR) is 119 cm³/mol. The van der Waals surface area contributed by atoms with E-state index in [0.717, 1.165) is 26.7 Å². The molecule has 0 radical (unpaired) electrons. The number of benzene rings is 2. The van der Waals surface area contributed by atoms with Crippen LogP contribution >= 0.6 is 11.8 Å². The standard InChI is InChI=1S/C22H19F3N4O2S/c1-27(2)18-5-3-4-17-14(10-11-26-20(17)18)12-28-13-19(30)29(21(28)31)15-6-8-16(9-7-15)32-22(23,24)25/h3-11,13,30H,12H2,1-2H3. The molecule has 0 amide bonds. The second-order valence-electron chi connectivity index (χ2n) is 7.31. The Morgan fingerprint density at radius 2 is 1.81 bits per heavy atom. The van der Waals surface area contributed by atoms with E-state index < -0.39 is 11.2 Å². The van der Waals surface area contributed by atoms with Crippen LogP contribution in [0.15, 0.2) is 70.6 Å². The summed E-state index contributed by atoms with van der Waals surface area (Å²) in [7, 11) is 3.84. The van der Waals surface area contributed by atoms with Gasteiger partial charge in [-0.15, -0.1) is 0 Å². The van der Waals surface area contributed by atoms with E-state index in [9.17, 15) is 23.1 Å². The van der Waals surface area contributed by atoms with Crippen LogP contribution in [0.5, 0.6) is 5.88 Å². The molecule has 0 atom stereocenters. The number of imidazole rings is 1. The Balaban J connectivity index is 1.69. The average Bonchev–Trinajstić information content (AvgIpc) is 3.00. The number of nitrogens with zero attached hydrogens (tertiary/aromatic N) is 4. The van der Waals surface area contributed by atoms with Gasteiger partial charge in [0.25, 0.3) is 0 Å². The SMILES string of the molecule is CN(C)c1cccc2c(Cn3cc(O)n(-c4ccc(SC(F)(F)F)cc4)c3=O)ccnc12.